The third-order valence-electron chi connectivity index (χ3n) is 6.38. The second-order valence-corrected chi connectivity index (χ2v) is 8.63. The van der Waals surface area contributed by atoms with Crippen LogP contribution in [0.2, 0.25) is 0 Å². The Morgan fingerprint density at radius 3 is 2.32 bits per heavy atom. The van der Waals surface area contributed by atoms with Gasteiger partial charge in [0.05, 0.1) is 12.5 Å². The van der Waals surface area contributed by atoms with E-state index in [0.717, 1.165) is 22.3 Å². The van der Waals surface area contributed by atoms with E-state index >= 15 is 0 Å². The molecule has 0 saturated carbocycles. The Labute approximate surface area is 198 Å². The van der Waals surface area contributed by atoms with Gasteiger partial charge in [0, 0.05) is 25.6 Å². The molecule has 0 bridgehead atoms. The van der Waals surface area contributed by atoms with Crippen LogP contribution in [0.5, 0.6) is 0 Å². The Balaban J connectivity index is 1.37. The number of carboxylic acid groups (broad SMARTS) is 1. The van der Waals surface area contributed by atoms with Gasteiger partial charge >= 0.3 is 12.1 Å². The maximum Gasteiger partial charge on any atom is 0.407 e. The number of aliphatic carboxylic acids is 1. The van der Waals surface area contributed by atoms with Crippen LogP contribution < -0.4 is 5.32 Å². The number of hydrogen-bond donors (Lipinski definition) is 2. The average molecular weight is 467 g/mol. The van der Waals surface area contributed by atoms with E-state index in [1.165, 1.54) is 4.90 Å². The summed E-state index contributed by atoms with van der Waals surface area (Å²) in [4.78, 5) is 38.1. The summed E-state index contributed by atoms with van der Waals surface area (Å²) in [6, 6.07) is 15.7. The van der Waals surface area contributed by atoms with E-state index in [4.69, 9.17) is 14.6 Å². The molecule has 1 aliphatic heterocycles. The molecule has 1 heterocycles. The molecule has 1 saturated heterocycles. The number of alkyl carbamates (subject to hydrolysis) is 1. The lowest BCUT2D eigenvalue weighted by Crippen LogP contribution is -2.50. The first kappa shape index (κ1) is 23.8. The lowest BCUT2D eigenvalue weighted by molar-refractivity contribution is -0.143. The molecule has 2 N–H and O–H groups in total. The second kappa shape index (κ2) is 10.7. The summed E-state index contributed by atoms with van der Waals surface area (Å²) in [7, 11) is 0. The molecule has 2 aromatic carbocycles. The topological polar surface area (TPSA) is 105 Å². The number of rotatable bonds is 9. The van der Waals surface area contributed by atoms with Crippen LogP contribution in [0.15, 0.2) is 48.5 Å². The largest absolute Gasteiger partial charge is 0.481 e. The molecular formula is C26H30N2O6. The summed E-state index contributed by atoms with van der Waals surface area (Å²) in [5, 5.41) is 11.8. The zero-order valence-corrected chi connectivity index (χ0v) is 19.2. The van der Waals surface area contributed by atoms with Gasteiger partial charge in [0.2, 0.25) is 0 Å². The average Bonchev–Trinajstić information content (AvgIpc) is 3.42. The predicted molar refractivity (Wildman–Crippen MR) is 125 cm³/mol. The van der Waals surface area contributed by atoms with E-state index in [9.17, 15) is 14.4 Å². The second-order valence-electron chi connectivity index (χ2n) is 8.63. The minimum Gasteiger partial charge on any atom is -0.481 e. The van der Waals surface area contributed by atoms with E-state index in [0.29, 0.717) is 26.0 Å². The summed E-state index contributed by atoms with van der Waals surface area (Å²) >= 11 is 0. The van der Waals surface area contributed by atoms with Crippen molar-refractivity contribution in [1.82, 2.24) is 10.2 Å². The van der Waals surface area contributed by atoms with Gasteiger partial charge in [-0.05, 0) is 35.1 Å². The van der Waals surface area contributed by atoms with E-state index in [1.54, 1.807) is 0 Å². The molecule has 0 aromatic heterocycles. The van der Waals surface area contributed by atoms with Crippen LogP contribution >= 0.6 is 0 Å². The number of ether oxygens (including phenoxy) is 2. The molecule has 2 aliphatic rings. The summed E-state index contributed by atoms with van der Waals surface area (Å²) in [6.07, 6.45) is -0.395. The van der Waals surface area contributed by atoms with Gasteiger partial charge in [0.25, 0.3) is 5.91 Å². The molecule has 2 amide bonds. The molecule has 0 radical (unpaired) electrons. The van der Waals surface area contributed by atoms with Crippen molar-refractivity contribution < 1.29 is 29.0 Å². The van der Waals surface area contributed by atoms with Crippen molar-refractivity contribution >= 4 is 18.0 Å². The highest BCUT2D eigenvalue weighted by Crippen LogP contribution is 2.44. The fourth-order valence-corrected chi connectivity index (χ4v) is 4.78. The molecular weight excluding hydrogens is 436 g/mol. The molecule has 4 rings (SSSR count). The molecule has 2 aromatic rings. The van der Waals surface area contributed by atoms with Crippen molar-refractivity contribution in [1.29, 1.82) is 0 Å². The third kappa shape index (κ3) is 5.07. The minimum absolute atomic E-state index is 0.0496. The van der Waals surface area contributed by atoms with Crippen LogP contribution in [0.3, 0.4) is 0 Å². The third-order valence-corrected chi connectivity index (χ3v) is 6.38. The number of nitrogens with one attached hydrogen (secondary N) is 1. The smallest absolute Gasteiger partial charge is 0.407 e. The van der Waals surface area contributed by atoms with Crippen LogP contribution in [0.25, 0.3) is 11.1 Å². The molecule has 34 heavy (non-hydrogen) atoms. The Morgan fingerprint density at radius 1 is 1.06 bits per heavy atom. The predicted octanol–water partition coefficient (Wildman–Crippen LogP) is 3.40. The van der Waals surface area contributed by atoms with Crippen LogP contribution in [-0.2, 0) is 19.1 Å². The van der Waals surface area contributed by atoms with Crippen molar-refractivity contribution in [2.45, 2.75) is 44.2 Å². The number of carboxylic acids is 1. The number of carbonyl (C=O) groups is 3. The Morgan fingerprint density at radius 2 is 1.71 bits per heavy atom. The van der Waals surface area contributed by atoms with Gasteiger partial charge in [-0.3, -0.25) is 9.59 Å². The Kier molecular flexibility index (Phi) is 7.47. The summed E-state index contributed by atoms with van der Waals surface area (Å²) in [5.41, 5.74) is 4.56. The summed E-state index contributed by atoms with van der Waals surface area (Å²) < 4.78 is 11.2. The zero-order chi connectivity index (χ0) is 24.1. The van der Waals surface area contributed by atoms with Crippen LogP contribution in [0.4, 0.5) is 4.79 Å². The van der Waals surface area contributed by atoms with Gasteiger partial charge in [0.1, 0.15) is 6.61 Å². The SMILES string of the molecule is CCCN(CCC(=O)O)C(=O)[C@@H]1OCC[C@@H]1NC(=O)OCC1c2ccccc2-c2ccccc21. The van der Waals surface area contributed by atoms with Crippen molar-refractivity contribution in [3.05, 3.63) is 59.7 Å². The fraction of sp³-hybridized carbons (Fsp3) is 0.423. The molecule has 8 heteroatoms. The highest BCUT2D eigenvalue weighted by Gasteiger charge is 2.38. The minimum atomic E-state index is -0.963. The standard InChI is InChI=1S/C26H30N2O6/c1-2-13-28(14-11-23(29)30)25(31)24-22(12-15-33-24)27-26(32)34-16-21-19-9-5-3-7-17(19)18-8-4-6-10-20(18)21/h3-10,21-22,24H,2,11-16H2,1H3,(H,27,32)(H,29,30)/t22-,24+/m0/s1. The Hall–Kier alpha value is -3.39. The van der Waals surface area contributed by atoms with E-state index < -0.39 is 24.2 Å². The first-order valence-electron chi connectivity index (χ1n) is 11.7. The normalized spacial score (nSPS) is 18.7. The van der Waals surface area contributed by atoms with Crippen molar-refractivity contribution in [2.75, 3.05) is 26.3 Å². The van der Waals surface area contributed by atoms with Crippen molar-refractivity contribution in [2.24, 2.45) is 0 Å². The lowest BCUT2D eigenvalue weighted by atomic mass is 9.98. The summed E-state index contributed by atoms with van der Waals surface area (Å²) in [5.74, 6) is -1.31. The number of amides is 2. The highest BCUT2D eigenvalue weighted by atomic mass is 16.6. The number of carbonyl (C=O) groups excluding carboxylic acids is 2. The number of benzene rings is 2. The first-order chi connectivity index (χ1) is 16.5. The molecule has 8 nitrogen and oxygen atoms in total. The number of nitrogens with zero attached hydrogens (tertiary/aromatic N) is 1. The van der Waals surface area contributed by atoms with Gasteiger partial charge in [0.15, 0.2) is 6.10 Å². The highest BCUT2D eigenvalue weighted by molar-refractivity contribution is 5.83. The fourth-order valence-electron chi connectivity index (χ4n) is 4.78. The first-order valence-corrected chi connectivity index (χ1v) is 11.7. The van der Waals surface area contributed by atoms with Gasteiger partial charge in [-0.2, -0.15) is 0 Å². The maximum atomic E-state index is 13.0. The molecule has 1 fully saturated rings. The monoisotopic (exact) mass is 466 g/mol. The maximum absolute atomic E-state index is 13.0. The van der Waals surface area contributed by atoms with Gasteiger partial charge in [-0.15, -0.1) is 0 Å². The Bertz CT molecular complexity index is 1010. The van der Waals surface area contributed by atoms with Crippen LogP contribution in [-0.4, -0.2) is 66.4 Å². The lowest BCUT2D eigenvalue weighted by Gasteiger charge is -2.27. The van der Waals surface area contributed by atoms with Gasteiger partial charge < -0.3 is 24.8 Å². The van der Waals surface area contributed by atoms with Crippen molar-refractivity contribution in [3.63, 3.8) is 0 Å². The zero-order valence-electron chi connectivity index (χ0n) is 19.2. The summed E-state index contributed by atoms with van der Waals surface area (Å²) in [6.45, 7) is 2.99. The van der Waals surface area contributed by atoms with Gasteiger partial charge in [-0.25, -0.2) is 4.79 Å². The quantitative estimate of drug-likeness (QED) is 0.587. The number of fused-ring (bicyclic) bond motifs is 3. The molecule has 1 aliphatic carbocycles. The van der Waals surface area contributed by atoms with Crippen LogP contribution in [0.1, 0.15) is 43.2 Å². The molecule has 0 unspecified atom stereocenters. The molecule has 180 valence electrons. The van der Waals surface area contributed by atoms with Crippen LogP contribution in [0, 0.1) is 0 Å². The number of hydrogen-bond acceptors (Lipinski definition) is 5. The van der Waals surface area contributed by atoms with E-state index in [-0.39, 0.29) is 31.4 Å². The van der Waals surface area contributed by atoms with E-state index in [1.807, 2.05) is 31.2 Å². The molecule has 2 atom stereocenters. The van der Waals surface area contributed by atoms with E-state index in [2.05, 4.69) is 29.6 Å². The molecule has 0 spiro atoms. The van der Waals surface area contributed by atoms with Crippen molar-refractivity contribution in [3.8, 4) is 11.1 Å². The van der Waals surface area contributed by atoms with Gasteiger partial charge in [-0.1, -0.05) is 55.5 Å².